The first kappa shape index (κ1) is 18.3. The van der Waals surface area contributed by atoms with Gasteiger partial charge in [0.2, 0.25) is 11.7 Å². The van der Waals surface area contributed by atoms with E-state index in [2.05, 4.69) is 15.5 Å². The van der Waals surface area contributed by atoms with Crippen molar-refractivity contribution in [2.75, 3.05) is 0 Å². The van der Waals surface area contributed by atoms with E-state index in [1.54, 1.807) is 17.0 Å². The van der Waals surface area contributed by atoms with Gasteiger partial charge in [0, 0.05) is 22.2 Å². The summed E-state index contributed by atoms with van der Waals surface area (Å²) in [5, 5.41) is 7.57. The molecule has 1 heterocycles. The number of carbonyl (C=O) groups is 1. The third kappa shape index (κ3) is 4.96. The van der Waals surface area contributed by atoms with Crippen LogP contribution >= 0.6 is 11.6 Å². The summed E-state index contributed by atoms with van der Waals surface area (Å²) in [6.07, 6.45) is 0. The van der Waals surface area contributed by atoms with Crippen molar-refractivity contribution < 1.29 is 9.32 Å². The summed E-state index contributed by atoms with van der Waals surface area (Å²) in [6, 6.07) is 7.02. The molecule has 1 N–H and O–H groups in total. The SMILES string of the molecule is CC(C)N(Cc1nc(-c2ccc(Cl)cc2)no1)C(=O)NC(C)(C)C. The zero-order valence-electron chi connectivity index (χ0n) is 14.6. The smallest absolute Gasteiger partial charge is 0.318 e. The molecule has 7 heteroatoms. The maximum absolute atomic E-state index is 12.4. The number of benzene rings is 1. The van der Waals surface area contributed by atoms with Crippen LogP contribution in [-0.4, -0.2) is 32.7 Å². The Labute approximate surface area is 147 Å². The topological polar surface area (TPSA) is 71.3 Å². The normalized spacial score (nSPS) is 11.6. The number of hydrogen-bond donors (Lipinski definition) is 1. The lowest BCUT2D eigenvalue weighted by Crippen LogP contribution is -2.50. The minimum absolute atomic E-state index is 0.00164. The van der Waals surface area contributed by atoms with Crippen LogP contribution in [0.25, 0.3) is 11.4 Å². The molecule has 2 aromatic rings. The summed E-state index contributed by atoms with van der Waals surface area (Å²) in [5.74, 6) is 0.860. The van der Waals surface area contributed by atoms with E-state index in [-0.39, 0.29) is 24.2 Å². The molecule has 0 saturated carbocycles. The van der Waals surface area contributed by atoms with Crippen LogP contribution in [0, 0.1) is 0 Å². The van der Waals surface area contributed by atoms with Crippen LogP contribution in [0.1, 0.15) is 40.5 Å². The van der Waals surface area contributed by atoms with E-state index >= 15 is 0 Å². The minimum atomic E-state index is -0.312. The minimum Gasteiger partial charge on any atom is -0.337 e. The maximum atomic E-state index is 12.4. The molecule has 130 valence electrons. The van der Waals surface area contributed by atoms with Crippen molar-refractivity contribution in [3.8, 4) is 11.4 Å². The van der Waals surface area contributed by atoms with Gasteiger partial charge in [0.25, 0.3) is 0 Å². The predicted octanol–water partition coefficient (Wildman–Crippen LogP) is 4.11. The van der Waals surface area contributed by atoms with Crippen molar-refractivity contribution in [2.24, 2.45) is 0 Å². The highest BCUT2D eigenvalue weighted by atomic mass is 35.5. The predicted molar refractivity (Wildman–Crippen MR) is 93.7 cm³/mol. The summed E-state index contributed by atoms with van der Waals surface area (Å²) in [4.78, 5) is 18.5. The van der Waals surface area contributed by atoms with E-state index in [4.69, 9.17) is 16.1 Å². The Morgan fingerprint density at radius 2 is 1.92 bits per heavy atom. The molecule has 0 aliphatic carbocycles. The van der Waals surface area contributed by atoms with Crippen molar-refractivity contribution in [2.45, 2.75) is 52.7 Å². The number of aromatic nitrogens is 2. The molecular formula is C17H23ClN4O2. The van der Waals surface area contributed by atoms with E-state index in [9.17, 15) is 4.79 Å². The van der Waals surface area contributed by atoms with Crippen molar-refractivity contribution >= 4 is 17.6 Å². The second-order valence-electron chi connectivity index (χ2n) is 6.92. The van der Waals surface area contributed by atoms with E-state index in [1.165, 1.54) is 0 Å². The lowest BCUT2D eigenvalue weighted by molar-refractivity contribution is 0.161. The van der Waals surface area contributed by atoms with Gasteiger partial charge in [0.15, 0.2) is 0 Å². The second-order valence-corrected chi connectivity index (χ2v) is 7.36. The fourth-order valence-electron chi connectivity index (χ4n) is 2.06. The molecule has 1 aromatic carbocycles. The molecule has 0 atom stereocenters. The molecule has 2 amide bonds. The van der Waals surface area contributed by atoms with E-state index in [1.807, 2.05) is 46.8 Å². The highest BCUT2D eigenvalue weighted by Gasteiger charge is 2.24. The average Bonchev–Trinajstić information content (AvgIpc) is 2.92. The first-order valence-electron chi connectivity index (χ1n) is 7.83. The van der Waals surface area contributed by atoms with Gasteiger partial charge in [0.1, 0.15) is 6.54 Å². The monoisotopic (exact) mass is 350 g/mol. The number of halogens is 1. The average molecular weight is 351 g/mol. The van der Waals surface area contributed by atoms with Gasteiger partial charge in [-0.3, -0.25) is 0 Å². The number of rotatable bonds is 4. The van der Waals surface area contributed by atoms with Crippen LogP contribution in [0.4, 0.5) is 4.79 Å². The van der Waals surface area contributed by atoms with Crippen molar-refractivity contribution in [1.29, 1.82) is 0 Å². The highest BCUT2D eigenvalue weighted by Crippen LogP contribution is 2.19. The molecule has 0 spiro atoms. The zero-order valence-corrected chi connectivity index (χ0v) is 15.4. The maximum Gasteiger partial charge on any atom is 0.318 e. The molecule has 2 rings (SSSR count). The standard InChI is InChI=1S/C17H23ClN4O2/c1-11(2)22(16(23)20-17(3,4)5)10-14-19-15(21-24-14)12-6-8-13(18)9-7-12/h6-9,11H,10H2,1-5H3,(H,20,23). The first-order chi connectivity index (χ1) is 11.2. The Morgan fingerprint density at radius 1 is 1.29 bits per heavy atom. The van der Waals surface area contributed by atoms with Gasteiger partial charge in [-0.05, 0) is 58.9 Å². The number of nitrogens with one attached hydrogen (secondary N) is 1. The number of nitrogens with zero attached hydrogens (tertiary/aromatic N) is 3. The molecule has 0 saturated heterocycles. The van der Waals surface area contributed by atoms with Crippen LogP contribution in [0.5, 0.6) is 0 Å². The van der Waals surface area contributed by atoms with Gasteiger partial charge < -0.3 is 14.7 Å². The van der Waals surface area contributed by atoms with Crippen LogP contribution in [0.2, 0.25) is 5.02 Å². The first-order valence-corrected chi connectivity index (χ1v) is 8.21. The Kier molecular flexibility index (Phi) is 5.49. The van der Waals surface area contributed by atoms with Crippen LogP contribution in [0.15, 0.2) is 28.8 Å². The van der Waals surface area contributed by atoms with Crippen LogP contribution in [0.3, 0.4) is 0 Å². The molecule has 0 radical (unpaired) electrons. The molecule has 0 aliphatic rings. The molecule has 0 unspecified atom stereocenters. The Balaban J connectivity index is 2.13. The van der Waals surface area contributed by atoms with Gasteiger partial charge >= 0.3 is 6.03 Å². The van der Waals surface area contributed by atoms with Gasteiger partial charge in [-0.25, -0.2) is 4.79 Å². The highest BCUT2D eigenvalue weighted by molar-refractivity contribution is 6.30. The summed E-state index contributed by atoms with van der Waals surface area (Å²) < 4.78 is 5.29. The van der Waals surface area contributed by atoms with Crippen molar-refractivity contribution in [1.82, 2.24) is 20.4 Å². The summed E-state index contributed by atoms with van der Waals surface area (Å²) in [7, 11) is 0. The lowest BCUT2D eigenvalue weighted by atomic mass is 10.1. The quantitative estimate of drug-likeness (QED) is 0.900. The largest absolute Gasteiger partial charge is 0.337 e. The summed E-state index contributed by atoms with van der Waals surface area (Å²) in [5.41, 5.74) is 0.498. The van der Waals surface area contributed by atoms with Gasteiger partial charge in [-0.2, -0.15) is 4.98 Å². The summed E-state index contributed by atoms with van der Waals surface area (Å²) >= 11 is 5.88. The molecule has 6 nitrogen and oxygen atoms in total. The molecule has 1 aromatic heterocycles. The third-order valence-electron chi connectivity index (χ3n) is 3.24. The number of urea groups is 1. The van der Waals surface area contributed by atoms with Crippen LogP contribution in [-0.2, 0) is 6.54 Å². The van der Waals surface area contributed by atoms with E-state index < -0.39 is 0 Å². The Hall–Kier alpha value is -2.08. The van der Waals surface area contributed by atoms with Gasteiger partial charge in [0.05, 0.1) is 0 Å². The zero-order chi connectivity index (χ0) is 17.9. The number of carbonyl (C=O) groups excluding carboxylic acids is 1. The third-order valence-corrected chi connectivity index (χ3v) is 3.49. The van der Waals surface area contributed by atoms with Crippen LogP contribution < -0.4 is 5.32 Å². The Morgan fingerprint density at radius 3 is 2.46 bits per heavy atom. The van der Waals surface area contributed by atoms with E-state index in [0.29, 0.717) is 16.7 Å². The van der Waals surface area contributed by atoms with Crippen molar-refractivity contribution in [3.63, 3.8) is 0 Å². The van der Waals surface area contributed by atoms with Crippen molar-refractivity contribution in [3.05, 3.63) is 35.2 Å². The molecule has 0 aliphatic heterocycles. The lowest BCUT2D eigenvalue weighted by Gasteiger charge is -2.30. The van der Waals surface area contributed by atoms with Gasteiger partial charge in [-0.15, -0.1) is 0 Å². The van der Waals surface area contributed by atoms with E-state index in [0.717, 1.165) is 5.56 Å². The number of amides is 2. The number of hydrogen-bond acceptors (Lipinski definition) is 4. The fourth-order valence-corrected chi connectivity index (χ4v) is 2.19. The molecule has 24 heavy (non-hydrogen) atoms. The Bertz CT molecular complexity index is 689. The molecule has 0 bridgehead atoms. The van der Waals surface area contributed by atoms with Gasteiger partial charge in [-0.1, -0.05) is 16.8 Å². The summed E-state index contributed by atoms with van der Waals surface area (Å²) in [6.45, 7) is 9.95. The second kappa shape index (κ2) is 7.21. The molecule has 0 fully saturated rings. The molecular weight excluding hydrogens is 328 g/mol. The fraction of sp³-hybridized carbons (Fsp3) is 0.471.